The second kappa shape index (κ2) is 5.52. The summed E-state index contributed by atoms with van der Waals surface area (Å²) < 4.78 is 19.0. The summed E-state index contributed by atoms with van der Waals surface area (Å²) in [5.74, 6) is 0.341. The van der Waals surface area contributed by atoms with Gasteiger partial charge in [-0.05, 0) is 36.2 Å². The van der Waals surface area contributed by atoms with E-state index in [0.717, 1.165) is 6.42 Å². The summed E-state index contributed by atoms with van der Waals surface area (Å²) in [7, 11) is 0. The van der Waals surface area contributed by atoms with E-state index in [2.05, 4.69) is 0 Å². The van der Waals surface area contributed by atoms with Crippen LogP contribution < -0.4 is 5.43 Å². The fraction of sp³-hybridized carbons (Fsp3) is 0.167. The molecule has 3 aromatic rings. The predicted octanol–water partition coefficient (Wildman–Crippen LogP) is 4.55. The molecular formula is C18H15FO2. The van der Waals surface area contributed by atoms with E-state index in [1.165, 1.54) is 12.1 Å². The maximum Gasteiger partial charge on any atom is 0.200 e. The highest BCUT2D eigenvalue weighted by atomic mass is 19.1. The second-order valence-corrected chi connectivity index (χ2v) is 4.98. The van der Waals surface area contributed by atoms with E-state index < -0.39 is 0 Å². The zero-order valence-electron chi connectivity index (χ0n) is 11.7. The Balaban J connectivity index is 2.33. The van der Waals surface area contributed by atoms with E-state index in [1.54, 1.807) is 24.3 Å². The molecule has 0 saturated heterocycles. The van der Waals surface area contributed by atoms with Crippen molar-refractivity contribution < 1.29 is 8.81 Å². The minimum absolute atomic E-state index is 0.0630. The number of hydrogen-bond acceptors (Lipinski definition) is 2. The molecule has 2 aromatic carbocycles. The molecule has 3 heteroatoms. The number of rotatable bonds is 3. The molecule has 0 aliphatic heterocycles. The van der Waals surface area contributed by atoms with Gasteiger partial charge in [0.25, 0.3) is 0 Å². The van der Waals surface area contributed by atoms with Gasteiger partial charge in [-0.25, -0.2) is 4.39 Å². The topological polar surface area (TPSA) is 30.2 Å². The summed E-state index contributed by atoms with van der Waals surface area (Å²) in [6, 6.07) is 13.2. The Morgan fingerprint density at radius 2 is 1.76 bits per heavy atom. The highest BCUT2D eigenvalue weighted by Gasteiger charge is 2.15. The lowest BCUT2D eigenvalue weighted by Gasteiger charge is -2.09. The monoisotopic (exact) mass is 282 g/mol. The minimum Gasteiger partial charge on any atom is -0.460 e. The van der Waals surface area contributed by atoms with E-state index in [0.29, 0.717) is 34.3 Å². The summed E-state index contributed by atoms with van der Waals surface area (Å²) in [4.78, 5) is 12.8. The maximum absolute atomic E-state index is 13.1. The molecule has 0 bridgehead atoms. The van der Waals surface area contributed by atoms with Gasteiger partial charge in [0.05, 0.1) is 10.9 Å². The molecule has 0 atom stereocenters. The van der Waals surface area contributed by atoms with Gasteiger partial charge >= 0.3 is 0 Å². The molecule has 0 saturated carbocycles. The third kappa shape index (κ3) is 2.47. The molecule has 0 unspecified atom stereocenters. The highest BCUT2D eigenvalue weighted by molar-refractivity contribution is 5.82. The van der Waals surface area contributed by atoms with Gasteiger partial charge in [0, 0.05) is 6.42 Å². The summed E-state index contributed by atoms with van der Waals surface area (Å²) >= 11 is 0. The standard InChI is InChI=1S/C18H15FO2/c1-2-5-16-17(12-8-10-13(19)11-9-12)18(20)14-6-3-4-7-15(14)21-16/h3-4,6-11H,2,5H2,1H3. The Bertz CT molecular complexity index is 832. The Labute approximate surface area is 121 Å². The van der Waals surface area contributed by atoms with Crippen molar-refractivity contribution in [3.05, 3.63) is 70.3 Å². The molecule has 0 spiro atoms. The normalized spacial score (nSPS) is 11.0. The Morgan fingerprint density at radius 1 is 1.05 bits per heavy atom. The smallest absolute Gasteiger partial charge is 0.200 e. The average molecular weight is 282 g/mol. The van der Waals surface area contributed by atoms with Crippen LogP contribution in [0.3, 0.4) is 0 Å². The zero-order chi connectivity index (χ0) is 14.8. The number of hydrogen-bond donors (Lipinski definition) is 0. The van der Waals surface area contributed by atoms with Crippen molar-refractivity contribution >= 4 is 11.0 Å². The van der Waals surface area contributed by atoms with E-state index in [4.69, 9.17) is 4.42 Å². The van der Waals surface area contributed by atoms with E-state index in [9.17, 15) is 9.18 Å². The lowest BCUT2D eigenvalue weighted by molar-refractivity contribution is 0.534. The van der Waals surface area contributed by atoms with Crippen molar-refractivity contribution in [1.29, 1.82) is 0 Å². The van der Waals surface area contributed by atoms with Crippen LogP contribution in [0.25, 0.3) is 22.1 Å². The molecule has 1 heterocycles. The predicted molar refractivity (Wildman–Crippen MR) is 81.9 cm³/mol. The fourth-order valence-corrected chi connectivity index (χ4v) is 2.50. The molecule has 0 aliphatic carbocycles. The van der Waals surface area contributed by atoms with E-state index in [1.807, 2.05) is 19.1 Å². The lowest BCUT2D eigenvalue weighted by Crippen LogP contribution is -2.09. The molecule has 0 N–H and O–H groups in total. The van der Waals surface area contributed by atoms with Crippen LogP contribution in [0.1, 0.15) is 19.1 Å². The van der Waals surface area contributed by atoms with E-state index >= 15 is 0 Å². The van der Waals surface area contributed by atoms with Gasteiger partial charge in [0.2, 0.25) is 5.43 Å². The third-order valence-electron chi connectivity index (χ3n) is 3.48. The van der Waals surface area contributed by atoms with Crippen LogP contribution in [-0.4, -0.2) is 0 Å². The van der Waals surface area contributed by atoms with Gasteiger partial charge in [-0.15, -0.1) is 0 Å². The van der Waals surface area contributed by atoms with Gasteiger partial charge < -0.3 is 4.42 Å². The molecular weight excluding hydrogens is 267 g/mol. The van der Waals surface area contributed by atoms with Crippen molar-refractivity contribution in [2.45, 2.75) is 19.8 Å². The number of para-hydroxylation sites is 1. The molecule has 3 rings (SSSR count). The Kier molecular flexibility index (Phi) is 3.57. The van der Waals surface area contributed by atoms with Crippen LogP contribution in [0.5, 0.6) is 0 Å². The van der Waals surface area contributed by atoms with Crippen LogP contribution in [-0.2, 0) is 6.42 Å². The van der Waals surface area contributed by atoms with Crippen LogP contribution in [0.4, 0.5) is 4.39 Å². The first kappa shape index (κ1) is 13.6. The summed E-state index contributed by atoms with van der Waals surface area (Å²) in [6.07, 6.45) is 1.54. The number of benzene rings is 2. The molecule has 0 aliphatic rings. The van der Waals surface area contributed by atoms with Gasteiger partial charge in [-0.3, -0.25) is 4.79 Å². The first-order valence-corrected chi connectivity index (χ1v) is 7.01. The zero-order valence-corrected chi connectivity index (χ0v) is 11.7. The molecule has 106 valence electrons. The molecule has 2 nitrogen and oxygen atoms in total. The molecule has 21 heavy (non-hydrogen) atoms. The number of halogens is 1. The third-order valence-corrected chi connectivity index (χ3v) is 3.48. The first-order chi connectivity index (χ1) is 10.2. The van der Waals surface area contributed by atoms with Crippen molar-refractivity contribution in [3.8, 4) is 11.1 Å². The summed E-state index contributed by atoms with van der Waals surface area (Å²) in [5, 5.41) is 0.552. The quantitative estimate of drug-likeness (QED) is 0.705. The van der Waals surface area contributed by atoms with Gasteiger partial charge in [-0.1, -0.05) is 31.2 Å². The molecule has 0 radical (unpaired) electrons. The van der Waals surface area contributed by atoms with Gasteiger partial charge in [0.15, 0.2) is 0 Å². The van der Waals surface area contributed by atoms with Crippen molar-refractivity contribution in [2.24, 2.45) is 0 Å². The number of aryl methyl sites for hydroxylation is 1. The van der Waals surface area contributed by atoms with Crippen molar-refractivity contribution in [2.75, 3.05) is 0 Å². The van der Waals surface area contributed by atoms with Crippen molar-refractivity contribution in [3.63, 3.8) is 0 Å². The maximum atomic E-state index is 13.1. The van der Waals surface area contributed by atoms with Crippen molar-refractivity contribution in [1.82, 2.24) is 0 Å². The van der Waals surface area contributed by atoms with Crippen LogP contribution in [0.2, 0.25) is 0 Å². The van der Waals surface area contributed by atoms with Crippen LogP contribution >= 0.6 is 0 Å². The van der Waals surface area contributed by atoms with Gasteiger partial charge in [-0.2, -0.15) is 0 Å². The highest BCUT2D eigenvalue weighted by Crippen LogP contribution is 2.25. The number of fused-ring (bicyclic) bond motifs is 1. The first-order valence-electron chi connectivity index (χ1n) is 7.01. The molecule has 0 amide bonds. The SMILES string of the molecule is CCCc1oc2ccccc2c(=O)c1-c1ccc(F)cc1. The minimum atomic E-state index is -0.319. The largest absolute Gasteiger partial charge is 0.460 e. The van der Waals surface area contributed by atoms with Crippen LogP contribution in [0, 0.1) is 5.82 Å². The summed E-state index contributed by atoms with van der Waals surface area (Å²) in [5.41, 5.74) is 1.76. The second-order valence-electron chi connectivity index (χ2n) is 4.98. The summed E-state index contributed by atoms with van der Waals surface area (Å²) in [6.45, 7) is 2.03. The fourth-order valence-electron chi connectivity index (χ4n) is 2.50. The molecule has 1 aromatic heterocycles. The average Bonchev–Trinajstić information content (AvgIpc) is 2.49. The Hall–Kier alpha value is -2.42. The van der Waals surface area contributed by atoms with Crippen LogP contribution in [0.15, 0.2) is 57.7 Å². The van der Waals surface area contributed by atoms with Gasteiger partial charge in [0.1, 0.15) is 17.2 Å². The Morgan fingerprint density at radius 3 is 2.48 bits per heavy atom. The molecule has 0 fully saturated rings. The lowest BCUT2D eigenvalue weighted by atomic mass is 10.00. The van der Waals surface area contributed by atoms with E-state index in [-0.39, 0.29) is 11.2 Å².